The number of carboxylic acids is 2. The summed E-state index contributed by atoms with van der Waals surface area (Å²) in [4.78, 5) is 96.8. The van der Waals surface area contributed by atoms with E-state index in [9.17, 15) is 69.4 Å². The number of hydrogen-bond donors (Lipinski definition) is 5. The quantitative estimate of drug-likeness (QED) is 0.0135. The van der Waals surface area contributed by atoms with E-state index in [1.807, 2.05) is 50.1 Å². The molecule has 0 fully saturated rings. The summed E-state index contributed by atoms with van der Waals surface area (Å²) in [6.45, 7) is 10.6. The standard InChI is InChI=1S/2C32H32N10O6.2C3H6O3.Fe/c2*1-20-27(30(44)40(17-9-14-38(3)4)32(46)29(20)39-15-6-5-7-16-39)35-33-22-10-8-11-23(18-22)41-31(45)28(21(2)37-41)36-34-25-13-12-24(42(47)48)19-26(25)43;2*1-2(4)3(5)6;/h2*5-8,10-13,15-16,18-19H,9,14,17H2,1-4H3,(H2-,33,34,35,36,37,43,44,45,46);2*2,4H,1H3,(H,5,6);/q;;;;+3/p-3. The molecule has 0 saturated carbocycles. The summed E-state index contributed by atoms with van der Waals surface area (Å²) >= 11 is 0. The minimum atomic E-state index is -1.23. The van der Waals surface area contributed by atoms with Crippen LogP contribution in [0.1, 0.15) is 49.2 Å². The van der Waals surface area contributed by atoms with Gasteiger partial charge in [-0.1, -0.05) is 49.6 Å². The summed E-state index contributed by atoms with van der Waals surface area (Å²) < 4.78 is 7.95. The Bertz CT molecular complexity index is 4990. The van der Waals surface area contributed by atoms with Gasteiger partial charge in [-0.05, 0) is 136 Å². The molecule has 39 heteroatoms. The van der Waals surface area contributed by atoms with Crippen LogP contribution in [0.15, 0.2) is 206 Å². The van der Waals surface area contributed by atoms with Crippen LogP contribution in [0.3, 0.4) is 0 Å². The van der Waals surface area contributed by atoms with Gasteiger partial charge in [-0.25, -0.2) is 9.59 Å². The molecule has 569 valence electrons. The Morgan fingerprint density at radius 1 is 0.505 bits per heavy atom. The summed E-state index contributed by atoms with van der Waals surface area (Å²) in [5.74, 6) is -4.69. The number of hydrogen-bond acceptors (Lipinski definition) is 26. The van der Waals surface area contributed by atoms with Crippen molar-refractivity contribution in [1.82, 2.24) is 38.5 Å². The van der Waals surface area contributed by atoms with E-state index in [1.54, 1.807) is 121 Å². The summed E-state index contributed by atoms with van der Waals surface area (Å²) in [7, 11) is 7.66. The summed E-state index contributed by atoms with van der Waals surface area (Å²) in [6.07, 6.45) is 5.62. The molecule has 10 rings (SSSR count). The average molecular weight is 1540 g/mol. The van der Waals surface area contributed by atoms with Crippen molar-refractivity contribution in [3.8, 4) is 46.0 Å². The smallest absolute Gasteiger partial charge is 0.871 e. The molecule has 2 unspecified atom stereocenters. The molecular formula is C70H73FeN20O18. The number of aromatic nitrogens is 8. The largest absolute Gasteiger partial charge is 3.00 e. The van der Waals surface area contributed by atoms with Crippen LogP contribution in [0.25, 0.3) is 22.7 Å². The molecule has 109 heavy (non-hydrogen) atoms. The van der Waals surface area contributed by atoms with Crippen molar-refractivity contribution in [2.75, 3.05) is 41.3 Å². The number of carboxylic acid groups (broad SMARTS) is 2. The van der Waals surface area contributed by atoms with Gasteiger partial charge < -0.3 is 74.8 Å². The molecular weight excluding hydrogens is 1460 g/mol. The number of non-ortho nitro benzene ring substituents is 2. The molecule has 1 radical (unpaired) electrons. The minimum Gasteiger partial charge on any atom is -0.871 e. The minimum absolute atomic E-state index is 0. The van der Waals surface area contributed by atoms with Crippen LogP contribution in [0.4, 0.5) is 56.9 Å². The van der Waals surface area contributed by atoms with E-state index in [1.165, 1.54) is 36.0 Å². The van der Waals surface area contributed by atoms with E-state index in [2.05, 4.69) is 51.1 Å². The van der Waals surface area contributed by atoms with Gasteiger partial charge in [0.15, 0.2) is 30.5 Å². The number of nitro groups is 2. The van der Waals surface area contributed by atoms with Gasteiger partial charge in [-0.2, -0.15) is 29.6 Å². The van der Waals surface area contributed by atoms with Crippen LogP contribution in [0.2, 0.25) is 0 Å². The number of carbonyl (C=O) groups is 2. The maximum absolute atomic E-state index is 13.6. The molecule has 0 saturated heterocycles. The van der Waals surface area contributed by atoms with Gasteiger partial charge in [0.2, 0.25) is 5.88 Å². The van der Waals surface area contributed by atoms with Gasteiger partial charge in [-0.3, -0.25) is 44.0 Å². The molecule has 0 spiro atoms. The van der Waals surface area contributed by atoms with E-state index in [0.717, 1.165) is 45.8 Å². The summed E-state index contributed by atoms with van der Waals surface area (Å²) in [6, 6.07) is 29.8. The number of pyridine rings is 4. The second-order valence-corrected chi connectivity index (χ2v) is 24.1. The van der Waals surface area contributed by atoms with Crippen LogP contribution in [0.5, 0.6) is 23.3 Å². The Kier molecular flexibility index (Phi) is 30.1. The number of benzene rings is 4. The number of aliphatic hydroxyl groups is 2. The second-order valence-electron chi connectivity index (χ2n) is 24.1. The number of aryl methyl sites for hydroxylation is 2. The topological polar surface area (TPSA) is 520 Å². The molecule has 38 nitrogen and oxygen atoms in total. The van der Waals surface area contributed by atoms with Gasteiger partial charge in [0.25, 0.3) is 33.9 Å². The van der Waals surface area contributed by atoms with Crippen molar-refractivity contribution in [1.29, 1.82) is 0 Å². The van der Waals surface area contributed by atoms with E-state index < -0.39 is 68.0 Å². The first-order chi connectivity index (χ1) is 51.2. The Hall–Kier alpha value is -13.2. The molecule has 0 aliphatic carbocycles. The van der Waals surface area contributed by atoms with Gasteiger partial charge in [0.1, 0.15) is 29.3 Å². The van der Waals surface area contributed by atoms with Crippen molar-refractivity contribution < 1.29 is 86.5 Å². The number of nitrogens with zero attached hydrogens (tertiary/aromatic N) is 20. The van der Waals surface area contributed by atoms with Crippen molar-refractivity contribution >= 4 is 68.8 Å². The first-order valence-electron chi connectivity index (χ1n) is 32.5. The molecule has 5 N–H and O–H groups in total. The molecule has 6 aromatic heterocycles. The third-order valence-electron chi connectivity index (χ3n) is 15.3. The average Bonchev–Trinajstić information content (AvgIpc) is 1.59. The number of nitro benzene ring substituents is 2. The first kappa shape index (κ1) is 84.7. The van der Waals surface area contributed by atoms with Crippen molar-refractivity contribution in [3.05, 3.63) is 230 Å². The van der Waals surface area contributed by atoms with Crippen LogP contribution in [-0.2, 0) is 39.7 Å². The van der Waals surface area contributed by atoms with Crippen molar-refractivity contribution in [2.24, 2.45) is 40.9 Å². The normalized spacial score (nSPS) is 11.8. The predicted molar refractivity (Wildman–Crippen MR) is 382 cm³/mol. The van der Waals surface area contributed by atoms with Gasteiger partial charge in [0, 0.05) is 73.0 Å². The SMILES string of the molecule is CC(O)C(=O)O.CC(O)C(=O)O.Cc1[n-]n(-c2cccc(N=Nc3c(C)c(-[n+]4ccccc4)c(=O)n(CCCN(C)C)c3O)c2)c(=O)c1N=Nc1ccc([N+](=O)[O-])cc1[O-].Cc1[n-]n(-c2cccc(N=Nc3c(C)c(-[n+]4ccccc4)c(=O)n(CCCN(C)C)c3[O-])c2)c(=O)c1N=Nc1ccc([N+](=O)[O-])cc1[O-].[Fe+3]. The van der Waals surface area contributed by atoms with E-state index in [4.69, 9.17) is 20.4 Å². The number of aliphatic hydroxyl groups excluding tert-OH is 2. The molecule has 4 aromatic carbocycles. The fourth-order valence-corrected chi connectivity index (χ4v) is 9.79. The maximum Gasteiger partial charge on any atom is 3.00 e. The zero-order valence-corrected chi connectivity index (χ0v) is 61.2. The zero-order valence-electron chi connectivity index (χ0n) is 60.1. The van der Waals surface area contributed by atoms with Gasteiger partial charge in [0.05, 0.1) is 43.7 Å². The van der Waals surface area contributed by atoms with Crippen LogP contribution in [-0.4, -0.2) is 129 Å². The van der Waals surface area contributed by atoms with E-state index >= 15 is 0 Å². The molecule has 0 aliphatic rings. The van der Waals surface area contributed by atoms with E-state index in [-0.39, 0.29) is 104 Å². The monoisotopic (exact) mass is 1540 g/mol. The van der Waals surface area contributed by atoms with Crippen LogP contribution in [0, 0.1) is 47.9 Å². The number of aromatic hydroxyl groups is 1. The third kappa shape index (κ3) is 22.0. The Morgan fingerprint density at radius 2 is 0.862 bits per heavy atom. The Morgan fingerprint density at radius 3 is 1.23 bits per heavy atom. The summed E-state index contributed by atoms with van der Waals surface area (Å²) in [5, 5.41) is 144. The second kappa shape index (κ2) is 38.7. The first-order valence-corrected chi connectivity index (χ1v) is 32.5. The number of aliphatic carboxylic acids is 2. The third-order valence-corrected chi connectivity index (χ3v) is 15.3. The van der Waals surface area contributed by atoms with Gasteiger partial charge in [-0.15, -0.1) is 31.8 Å². The number of azo groups is 4. The Balaban J connectivity index is 0.000000293. The predicted octanol–water partition coefficient (Wildman–Crippen LogP) is 6.91. The molecule has 6 heterocycles. The molecule has 10 aromatic rings. The molecule has 0 aliphatic heterocycles. The Labute approximate surface area is 629 Å². The van der Waals surface area contributed by atoms with Crippen LogP contribution >= 0.6 is 0 Å². The molecule has 2 atom stereocenters. The summed E-state index contributed by atoms with van der Waals surface area (Å²) in [5.41, 5.74) is -0.218. The van der Waals surface area contributed by atoms with Crippen molar-refractivity contribution in [2.45, 2.75) is 79.7 Å². The van der Waals surface area contributed by atoms with Crippen molar-refractivity contribution in [3.63, 3.8) is 0 Å². The molecule has 0 amide bonds. The zero-order chi connectivity index (χ0) is 79.4. The fourth-order valence-electron chi connectivity index (χ4n) is 9.79. The fraction of sp³-hybridized carbons (Fsp3) is 0.257. The van der Waals surface area contributed by atoms with E-state index in [0.29, 0.717) is 65.5 Å². The number of rotatable bonds is 24. The van der Waals surface area contributed by atoms with Crippen LogP contribution < -0.4 is 56.9 Å². The molecule has 0 bridgehead atoms. The van der Waals surface area contributed by atoms with Gasteiger partial charge >= 0.3 is 40.1 Å². The maximum atomic E-state index is 13.6.